The molecule has 1 aromatic rings. The zero-order valence-corrected chi connectivity index (χ0v) is 12.5. The molecule has 0 unspecified atom stereocenters. The van der Waals surface area contributed by atoms with Crippen LogP contribution in [0.1, 0.15) is 39.3 Å². The molecule has 1 N–H and O–H groups in total. The highest BCUT2D eigenvalue weighted by atomic mass is 32.2. The quantitative estimate of drug-likeness (QED) is 0.921. The predicted molar refractivity (Wildman–Crippen MR) is 75.1 cm³/mol. The van der Waals surface area contributed by atoms with Crippen molar-refractivity contribution in [1.29, 1.82) is 0 Å². The van der Waals surface area contributed by atoms with E-state index >= 15 is 0 Å². The molecule has 1 heterocycles. The number of sulfonamides is 1. The van der Waals surface area contributed by atoms with Crippen molar-refractivity contribution in [3.05, 3.63) is 18.0 Å². The molecule has 0 amide bonds. The Balaban J connectivity index is 2.37. The van der Waals surface area contributed by atoms with E-state index in [0.29, 0.717) is 11.4 Å². The van der Waals surface area contributed by atoms with Gasteiger partial charge in [0.25, 0.3) is 0 Å². The molecular weight excluding hydrogens is 264 g/mol. The first-order valence-corrected chi connectivity index (χ1v) is 8.19. The van der Waals surface area contributed by atoms with Crippen molar-refractivity contribution in [3.8, 4) is 5.75 Å². The van der Waals surface area contributed by atoms with Crippen molar-refractivity contribution < 1.29 is 13.2 Å². The summed E-state index contributed by atoms with van der Waals surface area (Å²) in [5, 5.41) is 0. The minimum Gasteiger partial charge on any atom is -0.487 e. The van der Waals surface area contributed by atoms with Gasteiger partial charge in [0.05, 0.1) is 24.2 Å². The highest BCUT2D eigenvalue weighted by molar-refractivity contribution is 7.92. The van der Waals surface area contributed by atoms with Gasteiger partial charge in [0.2, 0.25) is 10.0 Å². The standard InChI is InChI=1S/C13H20N2O3S/c1-13(2,3)12-7-10(15-19(4,16)17)11(8-14-12)18-9-5-6-9/h7-9H,5-6H2,1-4H3,(H,14,15). The maximum Gasteiger partial charge on any atom is 0.229 e. The highest BCUT2D eigenvalue weighted by Crippen LogP contribution is 2.34. The summed E-state index contributed by atoms with van der Waals surface area (Å²) in [6.45, 7) is 6.09. The van der Waals surface area contributed by atoms with Crippen LogP contribution in [0.25, 0.3) is 0 Å². The second-order valence-electron chi connectivity index (χ2n) is 6.01. The average molecular weight is 284 g/mol. The van der Waals surface area contributed by atoms with Gasteiger partial charge in [0.15, 0.2) is 5.75 Å². The van der Waals surface area contributed by atoms with E-state index in [1.165, 1.54) is 0 Å². The van der Waals surface area contributed by atoms with Gasteiger partial charge in [0.1, 0.15) is 0 Å². The molecule has 0 radical (unpaired) electrons. The summed E-state index contributed by atoms with van der Waals surface area (Å²) >= 11 is 0. The molecule has 6 heteroatoms. The summed E-state index contributed by atoms with van der Waals surface area (Å²) in [5.41, 5.74) is 1.14. The van der Waals surface area contributed by atoms with E-state index in [-0.39, 0.29) is 11.5 Å². The molecule has 5 nitrogen and oxygen atoms in total. The number of hydrogen-bond acceptors (Lipinski definition) is 4. The second kappa shape index (κ2) is 4.67. The Hall–Kier alpha value is -1.30. The molecule has 0 saturated heterocycles. The van der Waals surface area contributed by atoms with Gasteiger partial charge in [-0.15, -0.1) is 0 Å². The number of aromatic nitrogens is 1. The Morgan fingerprint density at radius 1 is 1.37 bits per heavy atom. The minimum atomic E-state index is -3.34. The van der Waals surface area contributed by atoms with E-state index < -0.39 is 10.0 Å². The first-order chi connectivity index (χ1) is 8.65. The molecular formula is C13H20N2O3S. The number of nitrogens with zero attached hydrogens (tertiary/aromatic N) is 1. The third-order valence-electron chi connectivity index (χ3n) is 2.75. The Morgan fingerprint density at radius 2 is 2.00 bits per heavy atom. The Kier molecular flexibility index (Phi) is 3.47. The molecule has 0 aliphatic heterocycles. The molecule has 2 rings (SSSR count). The fourth-order valence-electron chi connectivity index (χ4n) is 1.59. The molecule has 1 saturated carbocycles. The van der Waals surface area contributed by atoms with E-state index in [1.807, 2.05) is 20.8 Å². The van der Waals surface area contributed by atoms with Crippen LogP contribution in [0.4, 0.5) is 5.69 Å². The van der Waals surface area contributed by atoms with Gasteiger partial charge in [-0.25, -0.2) is 8.42 Å². The molecule has 0 spiro atoms. The van der Waals surface area contributed by atoms with Crippen LogP contribution in [0.5, 0.6) is 5.75 Å². The van der Waals surface area contributed by atoms with Crippen molar-refractivity contribution in [1.82, 2.24) is 4.98 Å². The molecule has 0 bridgehead atoms. The topological polar surface area (TPSA) is 68.3 Å². The van der Waals surface area contributed by atoms with Crippen molar-refractivity contribution >= 4 is 15.7 Å². The van der Waals surface area contributed by atoms with Gasteiger partial charge in [0, 0.05) is 11.1 Å². The summed E-state index contributed by atoms with van der Waals surface area (Å²) in [5.74, 6) is 0.501. The SMILES string of the molecule is CC(C)(C)c1cc(NS(C)(=O)=O)c(OC2CC2)cn1. The first kappa shape index (κ1) is 14.1. The molecule has 0 atom stereocenters. The van der Waals surface area contributed by atoms with Crippen molar-refractivity contribution in [3.63, 3.8) is 0 Å². The Morgan fingerprint density at radius 3 is 2.47 bits per heavy atom. The number of ether oxygens (including phenoxy) is 1. The van der Waals surface area contributed by atoms with Crippen LogP contribution in [0.3, 0.4) is 0 Å². The van der Waals surface area contributed by atoms with Crippen LogP contribution in [0.15, 0.2) is 12.3 Å². The van der Waals surface area contributed by atoms with Crippen molar-refractivity contribution in [2.75, 3.05) is 11.0 Å². The fraction of sp³-hybridized carbons (Fsp3) is 0.615. The molecule has 1 aromatic heterocycles. The molecule has 1 fully saturated rings. The van der Waals surface area contributed by atoms with Crippen LogP contribution in [0.2, 0.25) is 0 Å². The smallest absolute Gasteiger partial charge is 0.229 e. The van der Waals surface area contributed by atoms with E-state index in [4.69, 9.17) is 4.74 Å². The van der Waals surface area contributed by atoms with E-state index in [0.717, 1.165) is 24.8 Å². The number of hydrogen-bond donors (Lipinski definition) is 1. The maximum atomic E-state index is 11.4. The number of rotatable bonds is 4. The summed E-state index contributed by atoms with van der Waals surface area (Å²) in [4.78, 5) is 4.36. The molecule has 0 aromatic carbocycles. The van der Waals surface area contributed by atoms with Crippen LogP contribution in [-0.4, -0.2) is 25.8 Å². The molecule has 1 aliphatic rings. The second-order valence-corrected chi connectivity index (χ2v) is 7.76. The summed E-state index contributed by atoms with van der Waals surface area (Å²) in [6.07, 6.45) is 4.96. The van der Waals surface area contributed by atoms with Crippen molar-refractivity contribution in [2.24, 2.45) is 0 Å². The fourth-order valence-corrected chi connectivity index (χ4v) is 2.15. The molecule has 1 aliphatic carbocycles. The minimum absolute atomic E-state index is 0.147. The maximum absolute atomic E-state index is 11.4. The zero-order valence-electron chi connectivity index (χ0n) is 11.7. The van der Waals surface area contributed by atoms with Crippen LogP contribution in [0, 0.1) is 0 Å². The molecule has 19 heavy (non-hydrogen) atoms. The largest absolute Gasteiger partial charge is 0.487 e. The van der Waals surface area contributed by atoms with Gasteiger partial charge in [-0.1, -0.05) is 20.8 Å². The molecule has 106 valence electrons. The highest BCUT2D eigenvalue weighted by Gasteiger charge is 2.26. The lowest BCUT2D eigenvalue weighted by Gasteiger charge is -2.20. The zero-order chi connectivity index (χ0) is 14.3. The van der Waals surface area contributed by atoms with E-state index in [9.17, 15) is 8.42 Å². The lowest BCUT2D eigenvalue weighted by Crippen LogP contribution is -2.16. The number of anilines is 1. The normalized spacial score (nSPS) is 16.2. The van der Waals surface area contributed by atoms with E-state index in [1.54, 1.807) is 12.3 Å². The summed E-state index contributed by atoms with van der Waals surface area (Å²) < 4.78 is 31.0. The third-order valence-corrected chi connectivity index (χ3v) is 3.34. The van der Waals surface area contributed by atoms with Crippen LogP contribution in [-0.2, 0) is 15.4 Å². The number of pyridine rings is 1. The Bertz CT molecular complexity index is 572. The van der Waals surface area contributed by atoms with Gasteiger partial charge in [-0.2, -0.15) is 0 Å². The van der Waals surface area contributed by atoms with Crippen LogP contribution < -0.4 is 9.46 Å². The third kappa shape index (κ3) is 4.09. The van der Waals surface area contributed by atoms with Crippen molar-refractivity contribution in [2.45, 2.75) is 45.1 Å². The monoisotopic (exact) mass is 284 g/mol. The Labute approximate surface area is 114 Å². The van der Waals surface area contributed by atoms with E-state index in [2.05, 4.69) is 9.71 Å². The summed E-state index contributed by atoms with van der Waals surface area (Å²) in [7, 11) is -3.34. The number of nitrogens with one attached hydrogen (secondary N) is 1. The van der Waals surface area contributed by atoms with Gasteiger partial charge in [-0.05, 0) is 18.9 Å². The average Bonchev–Trinajstić information content (AvgIpc) is 3.00. The van der Waals surface area contributed by atoms with Gasteiger partial charge < -0.3 is 4.74 Å². The van der Waals surface area contributed by atoms with Gasteiger partial charge in [-0.3, -0.25) is 9.71 Å². The van der Waals surface area contributed by atoms with Crippen LogP contribution >= 0.6 is 0 Å². The lowest BCUT2D eigenvalue weighted by atomic mass is 9.91. The first-order valence-electron chi connectivity index (χ1n) is 6.30. The lowest BCUT2D eigenvalue weighted by molar-refractivity contribution is 0.303. The summed E-state index contributed by atoms with van der Waals surface area (Å²) in [6, 6.07) is 1.75. The van der Waals surface area contributed by atoms with Gasteiger partial charge >= 0.3 is 0 Å². The predicted octanol–water partition coefficient (Wildman–Crippen LogP) is 2.29.